The monoisotopic (exact) mass is 269 g/mol. The number of hydrogen-bond acceptors (Lipinski definition) is 3. The van der Waals surface area contributed by atoms with E-state index in [1.807, 2.05) is 6.92 Å². The van der Waals surface area contributed by atoms with Gasteiger partial charge in [-0.05, 0) is 44.7 Å². The number of aryl methyl sites for hydroxylation is 1. The molecule has 0 aromatic heterocycles. The largest absolute Gasteiger partial charge is 0.389 e. The van der Waals surface area contributed by atoms with E-state index in [0.717, 1.165) is 18.4 Å². The molecule has 2 N–H and O–H groups in total. The average molecular weight is 269 g/mol. The first kappa shape index (κ1) is 13.5. The van der Waals surface area contributed by atoms with Crippen LogP contribution in [0.25, 0.3) is 0 Å². The van der Waals surface area contributed by atoms with Crippen LogP contribution in [0.1, 0.15) is 25.3 Å². The number of sulfonamides is 1. The molecule has 1 atom stereocenters. The lowest BCUT2D eigenvalue weighted by atomic mass is 10.0. The van der Waals surface area contributed by atoms with E-state index in [-0.39, 0.29) is 17.4 Å². The minimum atomic E-state index is -3.53. The van der Waals surface area contributed by atoms with Gasteiger partial charge < -0.3 is 5.11 Å². The summed E-state index contributed by atoms with van der Waals surface area (Å²) in [5.74, 6) is 0.221. The Morgan fingerprint density at radius 3 is 2.39 bits per heavy atom. The summed E-state index contributed by atoms with van der Waals surface area (Å²) >= 11 is 0. The fourth-order valence-corrected chi connectivity index (χ4v) is 3.03. The van der Waals surface area contributed by atoms with Gasteiger partial charge in [-0.2, -0.15) is 0 Å². The van der Waals surface area contributed by atoms with Crippen LogP contribution < -0.4 is 4.72 Å². The molecule has 4 nitrogen and oxygen atoms in total. The summed E-state index contributed by atoms with van der Waals surface area (Å²) < 4.78 is 26.5. The number of rotatable bonds is 5. The van der Waals surface area contributed by atoms with Crippen LogP contribution in [0.3, 0.4) is 0 Å². The van der Waals surface area contributed by atoms with Gasteiger partial charge in [-0.1, -0.05) is 17.7 Å². The van der Waals surface area contributed by atoms with Crippen LogP contribution in [0, 0.1) is 12.8 Å². The van der Waals surface area contributed by atoms with Crippen LogP contribution in [0.5, 0.6) is 0 Å². The van der Waals surface area contributed by atoms with Crippen molar-refractivity contribution in [1.82, 2.24) is 4.72 Å². The minimum Gasteiger partial charge on any atom is -0.389 e. The van der Waals surface area contributed by atoms with Gasteiger partial charge in [0.05, 0.1) is 10.5 Å². The van der Waals surface area contributed by atoms with Gasteiger partial charge >= 0.3 is 0 Å². The van der Waals surface area contributed by atoms with Crippen molar-refractivity contribution in [2.45, 2.75) is 37.2 Å². The molecule has 1 aliphatic rings. The fourth-order valence-electron chi connectivity index (χ4n) is 1.89. The van der Waals surface area contributed by atoms with Crippen LogP contribution in [0.2, 0.25) is 0 Å². The summed E-state index contributed by atoms with van der Waals surface area (Å²) in [7, 11) is -3.53. The van der Waals surface area contributed by atoms with E-state index in [2.05, 4.69) is 4.72 Å². The van der Waals surface area contributed by atoms with Gasteiger partial charge in [0.1, 0.15) is 0 Å². The molecular formula is C13H19NO3S. The van der Waals surface area contributed by atoms with E-state index < -0.39 is 15.6 Å². The van der Waals surface area contributed by atoms with Crippen molar-refractivity contribution in [3.05, 3.63) is 29.8 Å². The number of aliphatic hydroxyl groups is 1. The molecule has 1 aliphatic carbocycles. The van der Waals surface area contributed by atoms with Gasteiger partial charge in [-0.25, -0.2) is 13.1 Å². The van der Waals surface area contributed by atoms with Crippen molar-refractivity contribution < 1.29 is 13.5 Å². The highest BCUT2D eigenvalue weighted by Gasteiger charge is 2.40. The van der Waals surface area contributed by atoms with Gasteiger partial charge in [0, 0.05) is 6.54 Å². The van der Waals surface area contributed by atoms with Crippen molar-refractivity contribution in [3.63, 3.8) is 0 Å². The highest BCUT2D eigenvalue weighted by molar-refractivity contribution is 7.89. The lowest BCUT2D eigenvalue weighted by Gasteiger charge is -2.23. The fraction of sp³-hybridized carbons (Fsp3) is 0.538. The molecule has 0 saturated heterocycles. The second-order valence-corrected chi connectivity index (χ2v) is 7.04. The summed E-state index contributed by atoms with van der Waals surface area (Å²) in [6, 6.07) is 6.66. The summed E-state index contributed by atoms with van der Waals surface area (Å²) in [5.41, 5.74) is 0.0662. The molecule has 0 bridgehead atoms. The van der Waals surface area contributed by atoms with E-state index in [4.69, 9.17) is 0 Å². The zero-order valence-corrected chi connectivity index (χ0v) is 11.5. The van der Waals surface area contributed by atoms with Gasteiger partial charge in [-0.3, -0.25) is 0 Å². The SMILES string of the molecule is Cc1ccc(S(=O)(=O)NCC(C)(O)C2CC2)cc1. The van der Waals surface area contributed by atoms with Crippen molar-refractivity contribution in [1.29, 1.82) is 0 Å². The maximum atomic E-state index is 12.0. The van der Waals surface area contributed by atoms with Crippen LogP contribution in [-0.2, 0) is 10.0 Å². The summed E-state index contributed by atoms with van der Waals surface area (Å²) in [5, 5.41) is 10.1. The van der Waals surface area contributed by atoms with Crippen LogP contribution >= 0.6 is 0 Å². The highest BCUT2D eigenvalue weighted by Crippen LogP contribution is 2.39. The average Bonchev–Trinajstić information content (AvgIpc) is 3.11. The Labute approximate surface area is 108 Å². The zero-order valence-electron chi connectivity index (χ0n) is 10.7. The number of nitrogens with one attached hydrogen (secondary N) is 1. The Morgan fingerprint density at radius 2 is 1.89 bits per heavy atom. The van der Waals surface area contributed by atoms with E-state index in [9.17, 15) is 13.5 Å². The van der Waals surface area contributed by atoms with E-state index >= 15 is 0 Å². The molecule has 0 spiro atoms. The number of benzene rings is 1. The Hall–Kier alpha value is -0.910. The highest BCUT2D eigenvalue weighted by atomic mass is 32.2. The van der Waals surface area contributed by atoms with Gasteiger partial charge in [-0.15, -0.1) is 0 Å². The molecule has 0 heterocycles. The summed E-state index contributed by atoms with van der Waals surface area (Å²) in [6.07, 6.45) is 1.94. The van der Waals surface area contributed by atoms with Crippen molar-refractivity contribution in [3.8, 4) is 0 Å². The molecule has 0 radical (unpaired) electrons. The van der Waals surface area contributed by atoms with Gasteiger partial charge in [0.2, 0.25) is 10.0 Å². The molecule has 0 amide bonds. The predicted molar refractivity (Wildman–Crippen MR) is 69.7 cm³/mol. The third-order valence-corrected chi connectivity index (χ3v) is 4.83. The standard InChI is InChI=1S/C13H19NO3S/c1-10-3-7-12(8-4-10)18(16,17)14-9-13(2,15)11-5-6-11/h3-4,7-8,11,14-15H,5-6,9H2,1-2H3. The quantitative estimate of drug-likeness (QED) is 0.850. The third-order valence-electron chi connectivity index (χ3n) is 3.41. The van der Waals surface area contributed by atoms with E-state index in [1.165, 1.54) is 0 Å². The van der Waals surface area contributed by atoms with Gasteiger partial charge in [0.25, 0.3) is 0 Å². The lowest BCUT2D eigenvalue weighted by Crippen LogP contribution is -2.42. The molecule has 18 heavy (non-hydrogen) atoms. The molecule has 1 aromatic carbocycles. The smallest absolute Gasteiger partial charge is 0.240 e. The Balaban J connectivity index is 2.05. The molecule has 1 aromatic rings. The van der Waals surface area contributed by atoms with Crippen LogP contribution in [0.4, 0.5) is 0 Å². The molecule has 2 rings (SSSR count). The van der Waals surface area contributed by atoms with Crippen LogP contribution in [0.15, 0.2) is 29.2 Å². The lowest BCUT2D eigenvalue weighted by molar-refractivity contribution is 0.0422. The van der Waals surface area contributed by atoms with Crippen molar-refractivity contribution >= 4 is 10.0 Å². The molecule has 5 heteroatoms. The first-order valence-electron chi connectivity index (χ1n) is 6.10. The Kier molecular flexibility index (Phi) is 3.49. The molecule has 0 aliphatic heterocycles. The Bertz CT molecular complexity index is 516. The molecule has 1 unspecified atom stereocenters. The van der Waals surface area contributed by atoms with E-state index in [1.54, 1.807) is 31.2 Å². The summed E-state index contributed by atoms with van der Waals surface area (Å²) in [6.45, 7) is 3.65. The predicted octanol–water partition coefficient (Wildman–Crippen LogP) is 1.43. The first-order valence-corrected chi connectivity index (χ1v) is 7.58. The second kappa shape index (κ2) is 4.64. The Morgan fingerprint density at radius 1 is 1.33 bits per heavy atom. The first-order chi connectivity index (χ1) is 8.31. The number of hydrogen-bond donors (Lipinski definition) is 2. The van der Waals surface area contributed by atoms with Crippen LogP contribution in [-0.4, -0.2) is 25.7 Å². The molecule has 1 saturated carbocycles. The summed E-state index contributed by atoms with van der Waals surface area (Å²) in [4.78, 5) is 0.236. The maximum Gasteiger partial charge on any atom is 0.240 e. The van der Waals surface area contributed by atoms with Crippen molar-refractivity contribution in [2.75, 3.05) is 6.54 Å². The third kappa shape index (κ3) is 3.10. The normalized spacial score (nSPS) is 19.5. The molecule has 1 fully saturated rings. The zero-order chi connectivity index (χ0) is 13.4. The second-order valence-electron chi connectivity index (χ2n) is 5.27. The molecular weight excluding hydrogens is 250 g/mol. The minimum absolute atomic E-state index is 0.0634. The van der Waals surface area contributed by atoms with Crippen molar-refractivity contribution in [2.24, 2.45) is 5.92 Å². The van der Waals surface area contributed by atoms with Gasteiger partial charge in [0.15, 0.2) is 0 Å². The topological polar surface area (TPSA) is 66.4 Å². The van der Waals surface area contributed by atoms with E-state index in [0.29, 0.717) is 0 Å². The maximum absolute atomic E-state index is 12.0. The molecule has 100 valence electrons.